The Bertz CT molecular complexity index is 683. The van der Waals surface area contributed by atoms with Crippen molar-refractivity contribution in [2.75, 3.05) is 13.7 Å². The van der Waals surface area contributed by atoms with Crippen molar-refractivity contribution in [3.8, 4) is 11.4 Å². The molecule has 0 saturated carbocycles. The molecule has 0 bridgehead atoms. The van der Waals surface area contributed by atoms with E-state index < -0.39 is 5.97 Å². The Morgan fingerprint density at radius 3 is 3.00 bits per heavy atom. The number of carbonyl (C=O) groups excluding carboxylic acids is 1. The third-order valence-electron chi connectivity index (χ3n) is 2.26. The summed E-state index contributed by atoms with van der Waals surface area (Å²) in [5.74, 6) is 0.138. The average molecular weight is 264 g/mol. The van der Waals surface area contributed by atoms with E-state index in [9.17, 15) is 9.36 Å². The number of esters is 1. The van der Waals surface area contributed by atoms with Gasteiger partial charge in [0.05, 0.1) is 0 Å². The first-order valence-electron chi connectivity index (χ1n) is 5.04. The fourth-order valence-electron chi connectivity index (χ4n) is 1.44. The first kappa shape index (κ1) is 12.5. The summed E-state index contributed by atoms with van der Waals surface area (Å²) in [7, 11) is 1.26. The molecule has 0 N–H and O–H groups in total. The summed E-state index contributed by atoms with van der Waals surface area (Å²) in [6.07, 6.45) is 0. The summed E-state index contributed by atoms with van der Waals surface area (Å²) in [4.78, 5) is 11.6. The number of hydrogen-bond acceptors (Lipinski definition) is 5. The number of fused-ring (bicyclic) bond motifs is 1. The summed E-state index contributed by atoms with van der Waals surface area (Å²) in [6, 6.07) is 6.76. The van der Waals surface area contributed by atoms with Crippen LogP contribution in [0.3, 0.4) is 0 Å². The van der Waals surface area contributed by atoms with Crippen LogP contribution in [0, 0.1) is 5.63 Å². The Kier molecular flexibility index (Phi) is 3.88. The standard InChI is InChI=1S/C12H9O5P/c1-15-9-2-3-10-8(6-9)7-11(17-10)12(13)16-4-5-18-14/h2-3,6-7H,4H2,1H3. The van der Waals surface area contributed by atoms with Crippen molar-refractivity contribution in [3.63, 3.8) is 0 Å². The molecule has 0 aliphatic rings. The van der Waals surface area contributed by atoms with Gasteiger partial charge in [0.15, 0.2) is 0 Å². The number of hydrogen-bond donors (Lipinski definition) is 0. The third kappa shape index (κ3) is 2.65. The quantitative estimate of drug-likeness (QED) is 0.630. The van der Waals surface area contributed by atoms with E-state index in [2.05, 4.69) is 5.63 Å². The molecule has 1 aromatic carbocycles. The molecule has 2 rings (SSSR count). The SMILES string of the molecule is COc1ccc2oc(C(=O)OCC#P=O)cc2c1. The molecule has 2 aromatic rings. The second kappa shape index (κ2) is 5.58. The first-order chi connectivity index (χ1) is 8.74. The van der Waals surface area contributed by atoms with Gasteiger partial charge in [0, 0.05) is 0 Å². The van der Waals surface area contributed by atoms with Crippen LogP contribution in [0.5, 0.6) is 5.75 Å². The minimum atomic E-state index is -0.624. The van der Waals surface area contributed by atoms with E-state index in [1.165, 1.54) is 0 Å². The van der Waals surface area contributed by atoms with Crippen LogP contribution in [0.25, 0.3) is 11.0 Å². The fraction of sp³-hybridized carbons (Fsp3) is 0.167. The number of rotatable bonds is 3. The molecule has 0 spiro atoms. The van der Waals surface area contributed by atoms with Gasteiger partial charge in [0.1, 0.15) is 0 Å². The van der Waals surface area contributed by atoms with Gasteiger partial charge < -0.3 is 0 Å². The molecule has 0 fully saturated rings. The number of methoxy groups -OCH3 is 1. The zero-order valence-electron chi connectivity index (χ0n) is 9.50. The molecule has 0 aliphatic heterocycles. The summed E-state index contributed by atoms with van der Waals surface area (Å²) in [6.45, 7) is -0.149. The van der Waals surface area contributed by atoms with Gasteiger partial charge >= 0.3 is 103 Å². The number of benzene rings is 1. The minimum absolute atomic E-state index is 0.0858. The molecule has 0 unspecified atom stereocenters. The van der Waals surface area contributed by atoms with E-state index in [1.54, 1.807) is 31.4 Å². The Morgan fingerprint density at radius 2 is 2.28 bits per heavy atom. The van der Waals surface area contributed by atoms with Crippen molar-refractivity contribution in [1.82, 2.24) is 0 Å². The van der Waals surface area contributed by atoms with Gasteiger partial charge in [-0.25, -0.2) is 0 Å². The Balaban J connectivity index is 2.25. The van der Waals surface area contributed by atoms with Crippen LogP contribution in [-0.4, -0.2) is 19.7 Å². The molecule has 1 aromatic heterocycles. The van der Waals surface area contributed by atoms with Gasteiger partial charge in [0.2, 0.25) is 0 Å². The van der Waals surface area contributed by atoms with Crippen molar-refractivity contribution < 1.29 is 23.3 Å². The van der Waals surface area contributed by atoms with Crippen LogP contribution in [0.4, 0.5) is 0 Å². The van der Waals surface area contributed by atoms with Crippen molar-refractivity contribution in [1.29, 1.82) is 0 Å². The second-order valence-corrected chi connectivity index (χ2v) is 3.84. The van der Waals surface area contributed by atoms with Crippen LogP contribution in [-0.2, 0) is 9.30 Å². The van der Waals surface area contributed by atoms with Crippen LogP contribution in [0.1, 0.15) is 10.6 Å². The molecule has 0 radical (unpaired) electrons. The zero-order valence-corrected chi connectivity index (χ0v) is 10.4. The van der Waals surface area contributed by atoms with E-state index in [1.807, 2.05) is 0 Å². The molecule has 1 heterocycles. The third-order valence-corrected chi connectivity index (χ3v) is 2.52. The van der Waals surface area contributed by atoms with Gasteiger partial charge in [-0.3, -0.25) is 0 Å². The molecule has 5 nitrogen and oxygen atoms in total. The van der Waals surface area contributed by atoms with Crippen LogP contribution in [0.15, 0.2) is 28.7 Å². The predicted octanol–water partition coefficient (Wildman–Crippen LogP) is 2.85. The Hall–Kier alpha value is -1.96. The van der Waals surface area contributed by atoms with Gasteiger partial charge in [-0.05, 0) is 0 Å². The topological polar surface area (TPSA) is 65.7 Å². The zero-order chi connectivity index (χ0) is 13.0. The summed E-state index contributed by atoms with van der Waals surface area (Å²) in [5.41, 5.74) is 2.88. The summed E-state index contributed by atoms with van der Waals surface area (Å²) >= 11 is 0. The van der Waals surface area contributed by atoms with Gasteiger partial charge in [-0.2, -0.15) is 0 Å². The van der Waals surface area contributed by atoms with E-state index in [4.69, 9.17) is 13.9 Å². The Labute approximate surface area is 104 Å². The van der Waals surface area contributed by atoms with Gasteiger partial charge in [-0.15, -0.1) is 0 Å². The van der Waals surface area contributed by atoms with Crippen molar-refractivity contribution in [2.24, 2.45) is 0 Å². The van der Waals surface area contributed by atoms with E-state index >= 15 is 0 Å². The molecule has 0 aliphatic carbocycles. The van der Waals surface area contributed by atoms with Crippen molar-refractivity contribution in [2.45, 2.75) is 0 Å². The summed E-state index contributed by atoms with van der Waals surface area (Å²) < 4.78 is 25.3. The normalized spacial score (nSPS) is 9.83. The van der Waals surface area contributed by atoms with E-state index in [0.29, 0.717) is 11.3 Å². The van der Waals surface area contributed by atoms with Crippen molar-refractivity contribution >= 4 is 24.9 Å². The Morgan fingerprint density at radius 1 is 1.44 bits per heavy atom. The molecular weight excluding hydrogens is 255 g/mol. The van der Waals surface area contributed by atoms with Crippen LogP contribution < -0.4 is 4.74 Å². The molecule has 6 heteroatoms. The van der Waals surface area contributed by atoms with Gasteiger partial charge in [0.25, 0.3) is 0 Å². The maximum absolute atomic E-state index is 11.6. The maximum atomic E-state index is 11.6. The monoisotopic (exact) mass is 264 g/mol. The average Bonchev–Trinajstić information content (AvgIpc) is 2.81. The molecule has 92 valence electrons. The number of furan rings is 1. The van der Waals surface area contributed by atoms with E-state index in [-0.39, 0.29) is 20.3 Å². The molecular formula is C12H9O5P. The fourth-order valence-corrected chi connectivity index (χ4v) is 1.56. The predicted molar refractivity (Wildman–Crippen MR) is 64.5 cm³/mol. The number of carbonyl (C=O) groups is 1. The van der Waals surface area contributed by atoms with Gasteiger partial charge in [-0.1, -0.05) is 0 Å². The van der Waals surface area contributed by atoms with E-state index in [0.717, 1.165) is 5.39 Å². The molecule has 18 heavy (non-hydrogen) atoms. The van der Waals surface area contributed by atoms with Crippen molar-refractivity contribution in [3.05, 3.63) is 30.0 Å². The number of ether oxygens (including phenoxy) is 2. The molecule has 0 atom stereocenters. The molecule has 0 saturated heterocycles. The van der Waals surface area contributed by atoms with Crippen LogP contribution >= 0.6 is 7.92 Å². The summed E-state index contributed by atoms with van der Waals surface area (Å²) in [5, 5.41) is 0.746. The molecule has 0 amide bonds. The van der Waals surface area contributed by atoms with Crippen LogP contribution in [0.2, 0.25) is 0 Å². The second-order valence-electron chi connectivity index (χ2n) is 3.34. The first-order valence-corrected chi connectivity index (χ1v) is 5.86.